The quantitative estimate of drug-likeness (QED) is 0.0117. The third-order valence-corrected chi connectivity index (χ3v) is 24.3. The van der Waals surface area contributed by atoms with Crippen molar-refractivity contribution in [3.05, 3.63) is 10.4 Å². The average molecular weight is 1910 g/mol. The fourth-order valence-electron chi connectivity index (χ4n) is 16.3. The summed E-state index contributed by atoms with van der Waals surface area (Å²) in [6.07, 6.45) is -99.4. The van der Waals surface area contributed by atoms with E-state index in [1.54, 1.807) is 0 Å². The lowest BCUT2D eigenvalue weighted by molar-refractivity contribution is -0.381. The summed E-state index contributed by atoms with van der Waals surface area (Å²) < 4.78 is 138. The van der Waals surface area contributed by atoms with Gasteiger partial charge in [0.25, 0.3) is 0 Å². The number of hydrogen-bond acceptors (Lipinski definition) is 56. The molecular weight excluding hydrogens is 1790 g/mol. The molecule has 0 aliphatic carbocycles. The molecule has 54 atom stereocenters. The van der Waals surface area contributed by atoms with Gasteiger partial charge in [0.15, 0.2) is 75.5 Å². The molecule has 12 fully saturated rings. The SMILES string of the molecule is [N-]=[N+]=NCCCCCCO[C@H]1O[C@H](CO[C@H]2O[C@H](CO[C@H]3O[C@H](CO[C@H]4O[C@H](CO[C@H]5O[C@H](CO)[C@@H](O)[C@H](O)[C@@H]5O)[C@@H](O)[C@H](O)[C@@H]4O[C@H]4O[C@H](CO[C@H]5O[C@H](CO[C@H]6O[C@H](CO[C@H]7O[C@H](CO)[C@@H](O)[C@@H]7O)[C@@H](O[C@H]7O[C@H](CO[C@H]8O[C@H](CO)[C@@H](O)[C@@H]8O)[C@@H](O)[C@@H]7O)[C@@H]6O)[C@@H](O)[C@@H]5O)[C@@H](O)[C@@H]4O)[C@@H](O)[C@H](O)[C@@H]3O[C@H]3O[C@H](CO)[C@@H](O)[C@H](O)[C@@H]3O)[C@@H](O)[C@H](O)[C@@H]2O)[C@@H](O)[C@H](O)[C@@H]1O. The van der Waals surface area contributed by atoms with Crippen molar-refractivity contribution in [3.8, 4) is 0 Å². The van der Waals surface area contributed by atoms with Crippen LogP contribution in [0.25, 0.3) is 10.4 Å². The number of azide groups is 1. The molecule has 12 aliphatic rings. The maximum atomic E-state index is 12.0. The van der Waals surface area contributed by atoms with E-state index in [4.69, 9.17) is 119 Å². The van der Waals surface area contributed by atoms with Crippen LogP contribution in [-0.2, 0) is 114 Å². The zero-order chi connectivity index (χ0) is 94.3. The molecule has 0 bridgehead atoms. The number of rotatable bonds is 42. The molecule has 0 amide bonds. The van der Waals surface area contributed by atoms with E-state index < -0.39 is 411 Å². The molecule has 12 rings (SSSR count). The molecule has 130 heavy (non-hydrogen) atoms. The Morgan fingerprint density at radius 2 is 0.392 bits per heavy atom. The Kier molecular flexibility index (Phi) is 39.0. The highest BCUT2D eigenvalue weighted by atomic mass is 16.8. The summed E-state index contributed by atoms with van der Waals surface area (Å²) in [5, 5.41) is 341. The second-order valence-electron chi connectivity index (χ2n) is 33.2. The van der Waals surface area contributed by atoms with Crippen molar-refractivity contribution in [1.82, 2.24) is 0 Å². The van der Waals surface area contributed by atoms with Gasteiger partial charge in [-0.15, -0.1) is 0 Å². The van der Waals surface area contributed by atoms with Crippen LogP contribution in [0.4, 0.5) is 0 Å². The molecule has 0 spiro atoms. The van der Waals surface area contributed by atoms with Gasteiger partial charge in [0.05, 0.1) is 79.3 Å². The highest BCUT2D eigenvalue weighted by Gasteiger charge is 2.60. The van der Waals surface area contributed by atoms with Gasteiger partial charge >= 0.3 is 0 Å². The van der Waals surface area contributed by atoms with Gasteiger partial charge in [-0.05, 0) is 18.4 Å². The van der Waals surface area contributed by atoms with Gasteiger partial charge in [0, 0.05) is 18.1 Å². The monoisotopic (exact) mass is 1910 g/mol. The molecule has 58 nitrogen and oxygen atoms in total. The maximum Gasteiger partial charge on any atom is 0.187 e. The zero-order valence-electron chi connectivity index (χ0n) is 68.9. The molecule has 31 N–H and O–H groups in total. The molecule has 0 unspecified atom stereocenters. The van der Waals surface area contributed by atoms with Gasteiger partial charge in [0.1, 0.15) is 256 Å². The lowest BCUT2D eigenvalue weighted by atomic mass is 9.96. The van der Waals surface area contributed by atoms with Gasteiger partial charge in [-0.2, -0.15) is 0 Å². The van der Waals surface area contributed by atoms with Crippen molar-refractivity contribution in [2.24, 2.45) is 5.11 Å². The second-order valence-corrected chi connectivity index (χ2v) is 33.2. The lowest BCUT2D eigenvalue weighted by Gasteiger charge is -2.47. The Bertz CT molecular complexity index is 3410. The predicted molar refractivity (Wildman–Crippen MR) is 395 cm³/mol. The Morgan fingerprint density at radius 3 is 0.715 bits per heavy atom. The summed E-state index contributed by atoms with van der Waals surface area (Å²) in [6.45, 7) is -9.95. The summed E-state index contributed by atoms with van der Waals surface area (Å²) in [7, 11) is 0. The molecule has 0 radical (unpaired) electrons. The fourth-order valence-corrected chi connectivity index (χ4v) is 16.3. The van der Waals surface area contributed by atoms with Crippen molar-refractivity contribution in [2.45, 2.75) is 358 Å². The fraction of sp³-hybridized carbons (Fsp3) is 1.00. The molecule has 0 aromatic carbocycles. The minimum atomic E-state index is -2.35. The van der Waals surface area contributed by atoms with Crippen LogP contribution in [0.2, 0.25) is 0 Å². The van der Waals surface area contributed by atoms with E-state index in [9.17, 15) is 158 Å². The second kappa shape index (κ2) is 47.8. The first-order valence-electron chi connectivity index (χ1n) is 42.1. The van der Waals surface area contributed by atoms with Gasteiger partial charge in [-0.3, -0.25) is 0 Å². The first-order valence-corrected chi connectivity index (χ1v) is 42.1. The summed E-state index contributed by atoms with van der Waals surface area (Å²) in [4.78, 5) is 2.69. The highest BCUT2D eigenvalue weighted by molar-refractivity contribution is 5.02. The molecule has 12 aliphatic heterocycles. The van der Waals surface area contributed by atoms with Crippen LogP contribution in [0.3, 0.4) is 0 Å². The molecule has 0 aromatic heterocycles. The van der Waals surface area contributed by atoms with E-state index in [0.717, 1.165) is 0 Å². The summed E-state index contributed by atoms with van der Waals surface area (Å²) in [5.74, 6) is 0. The maximum absolute atomic E-state index is 12.0. The Labute approximate surface area is 735 Å². The summed E-state index contributed by atoms with van der Waals surface area (Å²) in [5.41, 5.74) is 8.51. The van der Waals surface area contributed by atoms with Gasteiger partial charge in [-0.25, -0.2) is 0 Å². The third-order valence-electron chi connectivity index (χ3n) is 24.3. The minimum absolute atomic E-state index is 0.00952. The van der Waals surface area contributed by atoms with Crippen molar-refractivity contribution in [1.29, 1.82) is 0 Å². The predicted octanol–water partition coefficient (Wildman–Crippen LogP) is -20.4. The van der Waals surface area contributed by atoms with Gasteiger partial charge < -0.3 is 272 Å². The first-order chi connectivity index (χ1) is 61.9. The van der Waals surface area contributed by atoms with Crippen molar-refractivity contribution < 1.29 is 272 Å². The van der Waals surface area contributed by atoms with Crippen LogP contribution in [0.15, 0.2) is 5.11 Å². The van der Waals surface area contributed by atoms with Crippen LogP contribution in [0.1, 0.15) is 25.7 Å². The standard InChI is InChI=1S/C72H121N3O55/c73-75-74-5-3-1-2-4-6-107-61-53(102)44(93)35(84)23(120-61)11-111-66-55(104)45(94)36(85)24(121-66)16-114-72-60(130-70-56(105)43(92)32(81)20(8-77)119-70)47(96)38(87)26(126-72)17-115-71-59(46(95)37(86)25(125-71)12-110-65-54(103)42(91)31(80)19(7-76)116-65)129-69-52(101)41(90)29(124-69)15-109-64-50(99)39(88)27(122-64)13-112-67-57(106)58(30(127-67)18-113-63-49(98)34(83)22(10-79)118-63)128-68-51(100)40(89)28(123-68)14-108-62-48(97)33(82)21(9-78)117-62/h19-72,76-106H,1-18H2/t19-,20-,21-,22-,23-,24-,25-,26-,27-,28-,29-,30-,31-,32-,33-,34-,35-,36-,37-,38-,39-,40-,41-,42+,43+,44+,45+,46+,47+,48+,49+,50+,51+,52+,53+,54+,55+,56+,57+,58-,59+,60+,61+,62+,63+,64+,65+,66+,67+,68-,69-,70-,71+,72+/m1/s1. The van der Waals surface area contributed by atoms with Crippen LogP contribution < -0.4 is 0 Å². The number of aliphatic hydroxyl groups is 31. The Hall–Kier alpha value is -2.89. The number of ether oxygens (including phenoxy) is 24. The number of unbranched alkanes of at least 4 members (excludes halogenated alkanes) is 3. The first kappa shape index (κ1) is 106. The van der Waals surface area contributed by atoms with Crippen LogP contribution >= 0.6 is 0 Å². The topological polar surface area (TPSA) is 897 Å². The van der Waals surface area contributed by atoms with E-state index in [1.165, 1.54) is 0 Å². The van der Waals surface area contributed by atoms with E-state index in [1.807, 2.05) is 0 Å². The Balaban J connectivity index is 0.704. The molecule has 58 heteroatoms. The lowest BCUT2D eigenvalue weighted by Crippen LogP contribution is -2.66. The molecule has 0 saturated carbocycles. The van der Waals surface area contributed by atoms with Crippen molar-refractivity contribution in [3.63, 3.8) is 0 Å². The van der Waals surface area contributed by atoms with Gasteiger partial charge in [-0.1, -0.05) is 18.0 Å². The smallest absolute Gasteiger partial charge is 0.187 e. The highest BCUT2D eigenvalue weighted by Crippen LogP contribution is 2.40. The van der Waals surface area contributed by atoms with Crippen molar-refractivity contribution >= 4 is 0 Å². The number of aliphatic hydroxyl groups excluding tert-OH is 31. The molecule has 0 aromatic rings. The van der Waals surface area contributed by atoms with Crippen LogP contribution in [0, 0.1) is 0 Å². The van der Waals surface area contributed by atoms with E-state index in [-0.39, 0.29) is 13.2 Å². The molecule has 754 valence electrons. The van der Waals surface area contributed by atoms with Crippen LogP contribution in [-0.4, -0.2) is 583 Å². The van der Waals surface area contributed by atoms with E-state index >= 15 is 0 Å². The minimum Gasteiger partial charge on any atom is -0.394 e. The zero-order valence-corrected chi connectivity index (χ0v) is 68.9. The largest absolute Gasteiger partial charge is 0.394 e. The molecule has 12 saturated heterocycles. The van der Waals surface area contributed by atoms with E-state index in [2.05, 4.69) is 10.0 Å². The molecular formula is C72H121N3O55. The third kappa shape index (κ3) is 24.0. The van der Waals surface area contributed by atoms with E-state index in [0.29, 0.717) is 25.7 Å². The Morgan fingerprint density at radius 1 is 0.192 bits per heavy atom. The van der Waals surface area contributed by atoms with Crippen LogP contribution in [0.5, 0.6) is 0 Å². The summed E-state index contributed by atoms with van der Waals surface area (Å²) in [6, 6.07) is 0. The average Bonchev–Trinajstić information content (AvgIpc) is 1.19. The number of nitrogens with zero attached hydrogens (tertiary/aromatic N) is 3. The summed E-state index contributed by atoms with van der Waals surface area (Å²) >= 11 is 0. The normalized spacial score (nSPS) is 50.7. The number of hydrogen-bond donors (Lipinski definition) is 31. The molecule has 12 heterocycles. The van der Waals surface area contributed by atoms with Gasteiger partial charge in [0.2, 0.25) is 0 Å². The van der Waals surface area contributed by atoms with Crippen molar-refractivity contribution in [2.75, 3.05) is 92.4 Å².